The summed E-state index contributed by atoms with van der Waals surface area (Å²) in [4.78, 5) is 4.29. The summed E-state index contributed by atoms with van der Waals surface area (Å²) < 4.78 is 22.1. The lowest BCUT2D eigenvalue weighted by atomic mass is 10.0. The Balaban J connectivity index is 1.89. The molecule has 1 aliphatic rings. The van der Waals surface area contributed by atoms with E-state index in [1.54, 1.807) is 20.4 Å². The molecule has 1 aromatic heterocycles. The molecule has 6 nitrogen and oxygen atoms in total. The monoisotopic (exact) mass is 356 g/mol. The average Bonchev–Trinajstić information content (AvgIpc) is 3.32. The van der Waals surface area contributed by atoms with Crippen molar-refractivity contribution in [3.8, 4) is 34.1 Å². The second-order valence-electron chi connectivity index (χ2n) is 5.25. The highest BCUT2D eigenvalue weighted by atomic mass is 32.1. The molecule has 0 saturated heterocycles. The highest BCUT2D eigenvalue weighted by molar-refractivity contribution is 7.13. The van der Waals surface area contributed by atoms with Crippen molar-refractivity contribution in [3.63, 3.8) is 0 Å². The van der Waals surface area contributed by atoms with E-state index < -0.39 is 0 Å². The van der Waals surface area contributed by atoms with Crippen LogP contribution < -0.4 is 24.3 Å². The Hall–Kier alpha value is -2.93. The van der Waals surface area contributed by atoms with Gasteiger partial charge < -0.3 is 24.3 Å². The van der Waals surface area contributed by atoms with Crippen molar-refractivity contribution >= 4 is 22.2 Å². The van der Waals surface area contributed by atoms with Crippen molar-refractivity contribution in [3.05, 3.63) is 41.9 Å². The summed E-state index contributed by atoms with van der Waals surface area (Å²) in [6.07, 6.45) is 1.76. The molecule has 128 valence electrons. The van der Waals surface area contributed by atoms with Crippen LogP contribution in [0.25, 0.3) is 11.1 Å². The van der Waals surface area contributed by atoms with Gasteiger partial charge in [0.1, 0.15) is 11.5 Å². The van der Waals surface area contributed by atoms with Crippen LogP contribution in [0.5, 0.6) is 23.0 Å². The van der Waals surface area contributed by atoms with E-state index >= 15 is 0 Å². The van der Waals surface area contributed by atoms with Gasteiger partial charge in [-0.3, -0.25) is 0 Å². The predicted octanol–water partition coefficient (Wildman–Crippen LogP) is 4.30. The van der Waals surface area contributed by atoms with E-state index in [-0.39, 0.29) is 6.79 Å². The zero-order valence-corrected chi connectivity index (χ0v) is 14.6. The van der Waals surface area contributed by atoms with Gasteiger partial charge in [-0.2, -0.15) is 0 Å². The Kier molecular flexibility index (Phi) is 4.07. The summed E-state index contributed by atoms with van der Waals surface area (Å²) in [5, 5.41) is 6.06. The number of rotatable bonds is 5. The highest BCUT2D eigenvalue weighted by Gasteiger charge is 2.25. The molecule has 2 aromatic carbocycles. The van der Waals surface area contributed by atoms with Gasteiger partial charge in [-0.15, -0.1) is 11.3 Å². The van der Waals surface area contributed by atoms with Crippen LogP contribution >= 0.6 is 11.3 Å². The number of thiazole rings is 1. The van der Waals surface area contributed by atoms with Crippen molar-refractivity contribution in [2.75, 3.05) is 26.3 Å². The van der Waals surface area contributed by atoms with Gasteiger partial charge in [-0.1, -0.05) is 0 Å². The minimum Gasteiger partial charge on any atom is -0.497 e. The third kappa shape index (κ3) is 2.83. The van der Waals surface area contributed by atoms with Gasteiger partial charge >= 0.3 is 0 Å². The summed E-state index contributed by atoms with van der Waals surface area (Å²) in [5.74, 6) is 2.80. The number of benzene rings is 2. The van der Waals surface area contributed by atoms with E-state index in [1.807, 2.05) is 35.7 Å². The summed E-state index contributed by atoms with van der Waals surface area (Å²) >= 11 is 1.53. The predicted molar refractivity (Wildman–Crippen MR) is 96.5 cm³/mol. The summed E-state index contributed by atoms with van der Waals surface area (Å²) in [6, 6.07) is 9.52. The highest BCUT2D eigenvalue weighted by Crippen LogP contribution is 2.49. The fraction of sp³-hybridized carbons (Fsp3) is 0.167. The van der Waals surface area contributed by atoms with E-state index in [9.17, 15) is 0 Å². The van der Waals surface area contributed by atoms with Crippen molar-refractivity contribution in [1.82, 2.24) is 4.98 Å². The lowest BCUT2D eigenvalue weighted by Gasteiger charge is -2.16. The normalized spacial score (nSPS) is 12.1. The molecule has 0 spiro atoms. The number of nitrogens with zero attached hydrogens (tertiary/aromatic N) is 1. The Morgan fingerprint density at radius 3 is 2.80 bits per heavy atom. The van der Waals surface area contributed by atoms with Crippen LogP contribution in [0.15, 0.2) is 41.9 Å². The molecule has 2 heterocycles. The number of methoxy groups -OCH3 is 2. The zero-order valence-electron chi connectivity index (χ0n) is 13.7. The van der Waals surface area contributed by atoms with Crippen LogP contribution in [-0.2, 0) is 0 Å². The zero-order chi connectivity index (χ0) is 17.2. The molecule has 1 aliphatic heterocycles. The van der Waals surface area contributed by atoms with Crippen LogP contribution in [0.3, 0.4) is 0 Å². The summed E-state index contributed by atoms with van der Waals surface area (Å²) in [6.45, 7) is 0.196. The lowest BCUT2D eigenvalue weighted by molar-refractivity contribution is 0.174. The molecule has 3 aromatic rings. The number of hydrogen-bond acceptors (Lipinski definition) is 7. The molecule has 0 aliphatic carbocycles. The maximum atomic E-state index is 5.73. The van der Waals surface area contributed by atoms with Crippen molar-refractivity contribution < 1.29 is 18.9 Å². The van der Waals surface area contributed by atoms with Crippen LogP contribution in [0.2, 0.25) is 0 Å². The van der Waals surface area contributed by atoms with E-state index in [1.165, 1.54) is 11.3 Å². The fourth-order valence-corrected chi connectivity index (χ4v) is 3.29. The van der Waals surface area contributed by atoms with Gasteiger partial charge in [-0.25, -0.2) is 4.98 Å². The molecule has 0 bridgehead atoms. The van der Waals surface area contributed by atoms with Gasteiger partial charge in [0.25, 0.3) is 0 Å². The number of ether oxygens (including phenoxy) is 4. The number of anilines is 2. The van der Waals surface area contributed by atoms with Crippen LogP contribution in [0.4, 0.5) is 10.8 Å². The smallest absolute Gasteiger partial charge is 0.231 e. The molecule has 0 radical (unpaired) electrons. The molecule has 0 atom stereocenters. The molecular formula is C18H16N2O4S. The maximum Gasteiger partial charge on any atom is 0.231 e. The topological polar surface area (TPSA) is 61.8 Å². The number of nitrogens with one attached hydrogen (secondary N) is 1. The summed E-state index contributed by atoms with van der Waals surface area (Å²) in [7, 11) is 3.26. The minimum absolute atomic E-state index is 0.196. The van der Waals surface area contributed by atoms with Crippen LogP contribution in [0.1, 0.15) is 0 Å². The standard InChI is InChI=1S/C18H16N2O4S/c1-21-11-3-4-12(15(9-11)22-2)16-13(20-18-19-7-8-25-18)5-6-14-17(16)24-10-23-14/h3-9H,10H2,1-2H3,(H,19,20). The van der Waals surface area contributed by atoms with Gasteiger partial charge in [0, 0.05) is 23.2 Å². The number of hydrogen-bond donors (Lipinski definition) is 1. The molecule has 0 amide bonds. The quantitative estimate of drug-likeness (QED) is 0.735. The molecule has 0 unspecified atom stereocenters. The van der Waals surface area contributed by atoms with Crippen molar-refractivity contribution in [1.29, 1.82) is 0 Å². The Labute approximate surface area is 148 Å². The second kappa shape index (κ2) is 6.52. The van der Waals surface area contributed by atoms with Gasteiger partial charge in [0.05, 0.1) is 25.5 Å². The minimum atomic E-state index is 0.196. The van der Waals surface area contributed by atoms with Crippen LogP contribution in [0, 0.1) is 0 Å². The Bertz CT molecular complexity index is 896. The van der Waals surface area contributed by atoms with Crippen molar-refractivity contribution in [2.45, 2.75) is 0 Å². The number of fused-ring (bicyclic) bond motifs is 1. The molecule has 4 rings (SSSR count). The Morgan fingerprint density at radius 1 is 1.12 bits per heavy atom. The lowest BCUT2D eigenvalue weighted by Crippen LogP contribution is -1.98. The molecular weight excluding hydrogens is 340 g/mol. The Morgan fingerprint density at radius 2 is 2.04 bits per heavy atom. The first-order valence-electron chi connectivity index (χ1n) is 7.61. The molecule has 7 heteroatoms. The first kappa shape index (κ1) is 15.6. The third-order valence-electron chi connectivity index (χ3n) is 3.89. The number of aromatic nitrogens is 1. The van der Waals surface area contributed by atoms with E-state index in [0.29, 0.717) is 17.2 Å². The average molecular weight is 356 g/mol. The first-order chi connectivity index (χ1) is 12.3. The second-order valence-corrected chi connectivity index (χ2v) is 6.14. The van der Waals surface area contributed by atoms with Crippen LogP contribution in [-0.4, -0.2) is 26.0 Å². The van der Waals surface area contributed by atoms with E-state index in [4.69, 9.17) is 18.9 Å². The maximum absolute atomic E-state index is 5.73. The molecule has 0 saturated carbocycles. The molecule has 25 heavy (non-hydrogen) atoms. The van der Waals surface area contributed by atoms with Gasteiger partial charge in [0.2, 0.25) is 6.79 Å². The van der Waals surface area contributed by atoms with Crippen molar-refractivity contribution in [2.24, 2.45) is 0 Å². The van der Waals surface area contributed by atoms with E-state index in [2.05, 4.69) is 10.3 Å². The summed E-state index contributed by atoms with van der Waals surface area (Å²) in [5.41, 5.74) is 2.61. The van der Waals surface area contributed by atoms with Gasteiger partial charge in [0.15, 0.2) is 16.6 Å². The molecule has 0 fully saturated rings. The first-order valence-corrected chi connectivity index (χ1v) is 8.49. The third-order valence-corrected chi connectivity index (χ3v) is 4.58. The largest absolute Gasteiger partial charge is 0.497 e. The fourth-order valence-electron chi connectivity index (χ4n) is 2.75. The molecule has 1 N–H and O–H groups in total. The van der Waals surface area contributed by atoms with Gasteiger partial charge in [-0.05, 0) is 24.3 Å². The SMILES string of the molecule is COc1ccc(-c2c(Nc3nccs3)ccc3c2OCO3)c(OC)c1. The van der Waals surface area contributed by atoms with E-state index in [0.717, 1.165) is 27.7 Å².